The van der Waals surface area contributed by atoms with Crippen molar-refractivity contribution in [1.82, 2.24) is 0 Å². The van der Waals surface area contributed by atoms with E-state index in [9.17, 15) is 4.79 Å². The van der Waals surface area contributed by atoms with Crippen molar-refractivity contribution >= 4 is 5.97 Å². The Kier molecular flexibility index (Phi) is 4.18. The molecule has 0 amide bonds. The van der Waals surface area contributed by atoms with Crippen LogP contribution in [0.25, 0.3) is 0 Å². The van der Waals surface area contributed by atoms with Crippen molar-refractivity contribution < 1.29 is 9.53 Å². The third-order valence-electron chi connectivity index (χ3n) is 2.45. The molecule has 2 nitrogen and oxygen atoms in total. The first-order chi connectivity index (χ1) is 6.59. The van der Waals surface area contributed by atoms with Crippen LogP contribution in [0.1, 0.15) is 46.5 Å². The lowest BCUT2D eigenvalue weighted by atomic mass is 9.90. The van der Waals surface area contributed by atoms with Crippen molar-refractivity contribution in [2.45, 2.75) is 52.6 Å². The first-order valence-corrected chi connectivity index (χ1v) is 5.47. The second kappa shape index (κ2) is 5.18. The highest BCUT2D eigenvalue weighted by Gasteiger charge is 2.21. The van der Waals surface area contributed by atoms with E-state index >= 15 is 0 Å². The summed E-state index contributed by atoms with van der Waals surface area (Å²) in [6.45, 7) is 5.81. The molecule has 0 saturated heterocycles. The Morgan fingerprint density at radius 2 is 2.21 bits per heavy atom. The van der Waals surface area contributed by atoms with Crippen molar-refractivity contribution in [3.05, 3.63) is 11.6 Å². The third-order valence-corrected chi connectivity index (χ3v) is 2.45. The lowest BCUT2D eigenvalue weighted by Gasteiger charge is -2.25. The highest BCUT2D eigenvalue weighted by Crippen LogP contribution is 2.27. The van der Waals surface area contributed by atoms with E-state index in [1.165, 1.54) is 25.3 Å². The van der Waals surface area contributed by atoms with E-state index < -0.39 is 0 Å². The van der Waals surface area contributed by atoms with Crippen molar-refractivity contribution in [2.75, 3.05) is 0 Å². The molecule has 1 fully saturated rings. The lowest BCUT2D eigenvalue weighted by molar-refractivity contribution is -0.145. The second-order valence-corrected chi connectivity index (χ2v) is 4.33. The van der Waals surface area contributed by atoms with Gasteiger partial charge < -0.3 is 4.74 Å². The predicted molar refractivity (Wildman–Crippen MR) is 56.9 cm³/mol. The third kappa shape index (κ3) is 3.52. The zero-order valence-corrected chi connectivity index (χ0v) is 9.38. The van der Waals surface area contributed by atoms with Gasteiger partial charge in [-0.1, -0.05) is 19.9 Å². The minimum absolute atomic E-state index is 0.0589. The van der Waals surface area contributed by atoms with E-state index in [-0.39, 0.29) is 12.1 Å². The van der Waals surface area contributed by atoms with Gasteiger partial charge in [0.25, 0.3) is 0 Å². The molecule has 0 aromatic rings. The van der Waals surface area contributed by atoms with Crippen LogP contribution in [0.3, 0.4) is 0 Å². The van der Waals surface area contributed by atoms with E-state index in [2.05, 4.69) is 19.9 Å². The van der Waals surface area contributed by atoms with Crippen molar-refractivity contribution in [3.8, 4) is 0 Å². The van der Waals surface area contributed by atoms with Gasteiger partial charge in [0.15, 0.2) is 0 Å². The molecular formula is C12H20O2. The molecule has 0 N–H and O–H groups in total. The highest BCUT2D eigenvalue weighted by atomic mass is 16.5. The number of esters is 1. The van der Waals surface area contributed by atoms with Crippen LogP contribution in [0.15, 0.2) is 11.6 Å². The molecule has 0 heterocycles. The molecular weight excluding hydrogens is 176 g/mol. The van der Waals surface area contributed by atoms with Crippen molar-refractivity contribution in [1.29, 1.82) is 0 Å². The number of hydrogen-bond acceptors (Lipinski definition) is 2. The average molecular weight is 196 g/mol. The average Bonchev–Trinajstić information content (AvgIpc) is 2.06. The molecule has 1 saturated carbocycles. The molecule has 0 aliphatic heterocycles. The summed E-state index contributed by atoms with van der Waals surface area (Å²) < 4.78 is 5.30. The normalized spacial score (nSPS) is 25.4. The Hall–Kier alpha value is -0.790. The second-order valence-electron chi connectivity index (χ2n) is 4.33. The summed E-state index contributed by atoms with van der Waals surface area (Å²) in [5.41, 5.74) is 1.32. The molecule has 14 heavy (non-hydrogen) atoms. The van der Waals surface area contributed by atoms with Gasteiger partial charge in [-0.15, -0.1) is 0 Å². The van der Waals surface area contributed by atoms with Gasteiger partial charge in [0.2, 0.25) is 0 Å². The molecule has 0 bridgehead atoms. The van der Waals surface area contributed by atoms with Crippen LogP contribution in [0.5, 0.6) is 0 Å². The molecule has 0 unspecified atom stereocenters. The number of allylic oxidation sites excluding steroid dienone is 1. The summed E-state index contributed by atoms with van der Waals surface area (Å²) in [5.74, 6) is 0.382. The highest BCUT2D eigenvalue weighted by molar-refractivity contribution is 5.66. The molecule has 80 valence electrons. The van der Waals surface area contributed by atoms with Gasteiger partial charge in [0.05, 0.1) is 0 Å². The molecule has 1 atom stereocenters. The van der Waals surface area contributed by atoms with E-state index in [1.54, 1.807) is 0 Å². The summed E-state index contributed by atoms with van der Waals surface area (Å²) in [6.07, 6.45) is 6.80. The summed E-state index contributed by atoms with van der Waals surface area (Å²) in [6, 6.07) is 0. The fourth-order valence-electron chi connectivity index (χ4n) is 1.96. The quantitative estimate of drug-likeness (QED) is 0.501. The number of carbonyl (C=O) groups excluding carboxylic acids is 1. The van der Waals surface area contributed by atoms with Gasteiger partial charge in [-0.05, 0) is 37.2 Å². The predicted octanol–water partition coefficient (Wildman–Crippen LogP) is 3.07. The molecule has 1 aliphatic carbocycles. The van der Waals surface area contributed by atoms with Crippen LogP contribution in [0.2, 0.25) is 0 Å². The standard InChI is InChI=1S/C12H20O2/c1-9(2)8-11-6-4-5-7-12(11)14-10(3)13/h8-9,12H,4-7H2,1-3H3/t12-/m1/s1. The summed E-state index contributed by atoms with van der Waals surface area (Å²) >= 11 is 0. The monoisotopic (exact) mass is 196 g/mol. The fraction of sp³-hybridized carbons (Fsp3) is 0.750. The van der Waals surface area contributed by atoms with Gasteiger partial charge in [0, 0.05) is 6.92 Å². The van der Waals surface area contributed by atoms with E-state index in [1.807, 2.05) is 0 Å². The van der Waals surface area contributed by atoms with Crippen LogP contribution in [-0.4, -0.2) is 12.1 Å². The SMILES string of the molecule is CC(=O)O[C@@H]1CCCCC1=CC(C)C. The van der Waals surface area contributed by atoms with Crippen molar-refractivity contribution in [2.24, 2.45) is 5.92 Å². The van der Waals surface area contributed by atoms with E-state index in [0.717, 1.165) is 12.8 Å². The maximum atomic E-state index is 10.9. The molecule has 1 rings (SSSR count). The smallest absolute Gasteiger partial charge is 0.303 e. The molecule has 0 radical (unpaired) electrons. The number of hydrogen-bond donors (Lipinski definition) is 0. The van der Waals surface area contributed by atoms with Gasteiger partial charge in [0.1, 0.15) is 6.10 Å². The fourth-order valence-corrected chi connectivity index (χ4v) is 1.96. The van der Waals surface area contributed by atoms with Gasteiger partial charge in [-0.2, -0.15) is 0 Å². The van der Waals surface area contributed by atoms with Crippen LogP contribution >= 0.6 is 0 Å². The number of carbonyl (C=O) groups is 1. The Morgan fingerprint density at radius 3 is 2.79 bits per heavy atom. The van der Waals surface area contributed by atoms with Gasteiger partial charge in [-0.25, -0.2) is 0 Å². The Bertz CT molecular complexity index is 228. The molecule has 0 spiro atoms. The molecule has 1 aliphatic rings. The zero-order chi connectivity index (χ0) is 10.6. The largest absolute Gasteiger partial charge is 0.458 e. The zero-order valence-electron chi connectivity index (χ0n) is 9.38. The Balaban J connectivity index is 2.63. The molecule has 0 aromatic heterocycles. The summed E-state index contributed by atoms with van der Waals surface area (Å²) in [4.78, 5) is 10.9. The number of ether oxygens (including phenoxy) is 1. The minimum atomic E-state index is -0.161. The van der Waals surface area contributed by atoms with E-state index in [4.69, 9.17) is 4.74 Å². The van der Waals surface area contributed by atoms with Crippen LogP contribution in [0, 0.1) is 5.92 Å². The van der Waals surface area contributed by atoms with Gasteiger partial charge in [-0.3, -0.25) is 4.79 Å². The van der Waals surface area contributed by atoms with E-state index in [0.29, 0.717) is 5.92 Å². The topological polar surface area (TPSA) is 26.3 Å². The maximum Gasteiger partial charge on any atom is 0.303 e. The Labute approximate surface area is 86.3 Å². The van der Waals surface area contributed by atoms with Crippen LogP contribution < -0.4 is 0 Å². The Morgan fingerprint density at radius 1 is 1.50 bits per heavy atom. The summed E-state index contributed by atoms with van der Waals surface area (Å²) in [5, 5.41) is 0. The molecule has 0 aromatic carbocycles. The first kappa shape index (κ1) is 11.3. The van der Waals surface area contributed by atoms with Gasteiger partial charge >= 0.3 is 5.97 Å². The summed E-state index contributed by atoms with van der Waals surface area (Å²) in [7, 11) is 0. The maximum absolute atomic E-state index is 10.9. The van der Waals surface area contributed by atoms with Crippen molar-refractivity contribution in [3.63, 3.8) is 0 Å². The lowest BCUT2D eigenvalue weighted by Crippen LogP contribution is -2.22. The number of rotatable bonds is 2. The first-order valence-electron chi connectivity index (χ1n) is 5.47. The molecule has 2 heteroatoms. The minimum Gasteiger partial charge on any atom is -0.458 e. The van der Waals surface area contributed by atoms with Crippen LogP contribution in [0.4, 0.5) is 0 Å². The van der Waals surface area contributed by atoms with Crippen LogP contribution in [-0.2, 0) is 9.53 Å².